The highest BCUT2D eigenvalue weighted by molar-refractivity contribution is 6.74. The van der Waals surface area contributed by atoms with Gasteiger partial charge in [-0.3, -0.25) is 14.9 Å². The Morgan fingerprint density at radius 2 is 1.96 bits per heavy atom. The van der Waals surface area contributed by atoms with E-state index in [0.29, 0.717) is 0 Å². The minimum Gasteiger partial charge on any atom is -0.480 e. The number of carbonyl (C=O) groups is 2. The predicted molar refractivity (Wildman–Crippen MR) is 99.8 cm³/mol. The van der Waals surface area contributed by atoms with Gasteiger partial charge in [-0.15, -0.1) is 0 Å². The predicted octanol–water partition coefficient (Wildman–Crippen LogP) is 3.19. The van der Waals surface area contributed by atoms with Gasteiger partial charge < -0.3 is 14.8 Å². The average Bonchev–Trinajstić information content (AvgIpc) is 2.52. The van der Waals surface area contributed by atoms with Crippen LogP contribution in [0.1, 0.15) is 37.6 Å². The van der Waals surface area contributed by atoms with E-state index in [2.05, 4.69) is 39.2 Å². The number of nitro benzene ring substituents is 1. The van der Waals surface area contributed by atoms with E-state index in [1.165, 1.54) is 18.2 Å². The number of carbonyl (C=O) groups excluding carboxylic acids is 1. The Hall–Kier alpha value is -2.26. The molecule has 0 aromatic heterocycles. The summed E-state index contributed by atoms with van der Waals surface area (Å²) in [5.41, 5.74) is -0.193. The number of aliphatic carboxylic acids is 1. The smallest absolute Gasteiger partial charge is 0.326 e. The zero-order valence-electron chi connectivity index (χ0n) is 15.7. The van der Waals surface area contributed by atoms with Crippen molar-refractivity contribution in [1.29, 1.82) is 0 Å². The largest absolute Gasteiger partial charge is 0.480 e. The summed E-state index contributed by atoms with van der Waals surface area (Å²) in [6, 6.07) is 4.02. The molecule has 0 aliphatic heterocycles. The summed E-state index contributed by atoms with van der Waals surface area (Å²) in [5, 5.41) is 22.5. The SMILES string of the molecule is CC(C)(C)[Si](C)(C)OCC[C@@H](NC(=O)c1cccc([N+](=O)[O-])c1)C(=O)O. The Bertz CT molecular complexity index is 684. The minimum atomic E-state index is -2.01. The van der Waals surface area contributed by atoms with Crippen LogP contribution in [0.2, 0.25) is 18.1 Å². The van der Waals surface area contributed by atoms with Crippen LogP contribution in [0, 0.1) is 10.1 Å². The molecule has 0 unspecified atom stereocenters. The number of carboxylic acids is 1. The second-order valence-electron chi connectivity index (χ2n) is 7.57. The van der Waals surface area contributed by atoms with Crippen molar-refractivity contribution in [3.05, 3.63) is 39.9 Å². The maximum atomic E-state index is 12.2. The summed E-state index contributed by atoms with van der Waals surface area (Å²) in [7, 11) is -2.01. The van der Waals surface area contributed by atoms with Crippen molar-refractivity contribution in [2.75, 3.05) is 6.61 Å². The fourth-order valence-electron chi connectivity index (χ4n) is 1.91. The first-order valence-electron chi connectivity index (χ1n) is 8.27. The van der Waals surface area contributed by atoms with Gasteiger partial charge in [-0.2, -0.15) is 0 Å². The molecule has 2 N–H and O–H groups in total. The number of rotatable bonds is 8. The van der Waals surface area contributed by atoms with E-state index in [1.807, 2.05) is 0 Å². The lowest BCUT2D eigenvalue weighted by Crippen LogP contribution is -2.44. The third kappa shape index (κ3) is 5.92. The highest BCUT2D eigenvalue weighted by Gasteiger charge is 2.37. The van der Waals surface area contributed by atoms with E-state index >= 15 is 0 Å². The summed E-state index contributed by atoms with van der Waals surface area (Å²) >= 11 is 0. The van der Waals surface area contributed by atoms with E-state index in [0.717, 1.165) is 6.07 Å². The summed E-state index contributed by atoms with van der Waals surface area (Å²) in [4.78, 5) is 33.8. The molecule has 0 aliphatic carbocycles. The summed E-state index contributed by atoms with van der Waals surface area (Å²) in [5.74, 6) is -1.85. The Balaban J connectivity index is 2.74. The van der Waals surface area contributed by atoms with Crippen LogP contribution >= 0.6 is 0 Å². The minimum absolute atomic E-state index is 0.00204. The number of nitro groups is 1. The van der Waals surface area contributed by atoms with E-state index < -0.39 is 31.2 Å². The van der Waals surface area contributed by atoms with Crippen molar-refractivity contribution in [2.45, 2.75) is 51.4 Å². The molecule has 1 amide bonds. The van der Waals surface area contributed by atoms with Gasteiger partial charge in [-0.05, 0) is 24.2 Å². The second kappa shape index (κ2) is 8.41. The van der Waals surface area contributed by atoms with Crippen molar-refractivity contribution < 1.29 is 24.0 Å². The summed E-state index contributed by atoms with van der Waals surface area (Å²) in [6.07, 6.45) is 0.114. The number of carboxylic acid groups (broad SMARTS) is 1. The Morgan fingerprint density at radius 3 is 2.46 bits per heavy atom. The van der Waals surface area contributed by atoms with Gasteiger partial charge in [0.15, 0.2) is 8.32 Å². The van der Waals surface area contributed by atoms with Crippen LogP contribution in [0.15, 0.2) is 24.3 Å². The molecule has 9 heteroatoms. The van der Waals surface area contributed by atoms with Crippen molar-refractivity contribution in [3.8, 4) is 0 Å². The number of nitrogens with one attached hydrogen (secondary N) is 1. The highest BCUT2D eigenvalue weighted by atomic mass is 28.4. The van der Waals surface area contributed by atoms with E-state index in [9.17, 15) is 24.8 Å². The van der Waals surface area contributed by atoms with Gasteiger partial charge in [-0.1, -0.05) is 26.8 Å². The maximum absolute atomic E-state index is 12.2. The molecule has 0 fully saturated rings. The average molecular weight is 382 g/mol. The van der Waals surface area contributed by atoms with E-state index in [-0.39, 0.29) is 29.3 Å². The molecule has 1 rings (SSSR count). The standard InChI is InChI=1S/C17H26N2O6Si/c1-17(2,3)26(4,5)25-10-9-14(16(21)22)18-15(20)12-7-6-8-13(11-12)19(23)24/h6-8,11,14H,9-10H2,1-5H3,(H,18,20)(H,21,22)/t14-/m1/s1. The number of non-ortho nitro benzene ring substituents is 1. The molecule has 0 spiro atoms. The van der Waals surface area contributed by atoms with Crippen LogP contribution in [0.5, 0.6) is 0 Å². The molecule has 0 saturated carbocycles. The Morgan fingerprint density at radius 1 is 1.35 bits per heavy atom. The molecule has 0 radical (unpaired) electrons. The van der Waals surface area contributed by atoms with Crippen LogP contribution in [0.25, 0.3) is 0 Å². The van der Waals surface area contributed by atoms with Crippen molar-refractivity contribution in [1.82, 2.24) is 5.32 Å². The number of amides is 1. The lowest BCUT2D eigenvalue weighted by Gasteiger charge is -2.36. The van der Waals surface area contributed by atoms with Gasteiger partial charge in [0.1, 0.15) is 6.04 Å². The molecule has 8 nitrogen and oxygen atoms in total. The van der Waals surface area contributed by atoms with Crippen LogP contribution in [-0.4, -0.2) is 42.9 Å². The molecule has 0 heterocycles. The quantitative estimate of drug-likeness (QED) is 0.405. The lowest BCUT2D eigenvalue weighted by molar-refractivity contribution is -0.384. The number of hydrogen-bond donors (Lipinski definition) is 2. The third-order valence-corrected chi connectivity index (χ3v) is 9.14. The van der Waals surface area contributed by atoms with Crippen LogP contribution in [0.3, 0.4) is 0 Å². The van der Waals surface area contributed by atoms with Gasteiger partial charge in [0.2, 0.25) is 0 Å². The first kappa shape index (κ1) is 21.8. The molecule has 144 valence electrons. The van der Waals surface area contributed by atoms with E-state index in [4.69, 9.17) is 4.43 Å². The molecule has 0 bridgehead atoms. The fourth-order valence-corrected chi connectivity index (χ4v) is 2.97. The molecule has 26 heavy (non-hydrogen) atoms. The van der Waals surface area contributed by atoms with Gasteiger partial charge in [0.25, 0.3) is 11.6 Å². The molecule has 0 saturated heterocycles. The number of nitrogens with zero attached hydrogens (tertiary/aromatic N) is 1. The summed E-state index contributed by atoms with van der Waals surface area (Å²) < 4.78 is 5.95. The fraction of sp³-hybridized carbons (Fsp3) is 0.529. The molecule has 1 atom stereocenters. The second-order valence-corrected chi connectivity index (χ2v) is 12.4. The molecule has 1 aromatic rings. The topological polar surface area (TPSA) is 119 Å². The molecular weight excluding hydrogens is 356 g/mol. The molecule has 1 aromatic carbocycles. The monoisotopic (exact) mass is 382 g/mol. The van der Waals surface area contributed by atoms with Crippen LogP contribution in [0.4, 0.5) is 5.69 Å². The first-order chi connectivity index (χ1) is 11.8. The van der Waals surface area contributed by atoms with Gasteiger partial charge >= 0.3 is 5.97 Å². The number of hydrogen-bond acceptors (Lipinski definition) is 5. The van der Waals surface area contributed by atoms with Gasteiger partial charge in [0.05, 0.1) is 4.92 Å². The molecule has 0 aliphatic rings. The third-order valence-electron chi connectivity index (χ3n) is 4.60. The van der Waals surface area contributed by atoms with Gasteiger partial charge in [0, 0.05) is 30.7 Å². The maximum Gasteiger partial charge on any atom is 0.326 e. The van der Waals surface area contributed by atoms with Crippen LogP contribution < -0.4 is 5.32 Å². The summed E-state index contributed by atoms with van der Waals surface area (Å²) in [6.45, 7) is 10.6. The van der Waals surface area contributed by atoms with Crippen molar-refractivity contribution in [3.63, 3.8) is 0 Å². The first-order valence-corrected chi connectivity index (χ1v) is 11.2. The van der Waals surface area contributed by atoms with Crippen molar-refractivity contribution in [2.24, 2.45) is 0 Å². The van der Waals surface area contributed by atoms with E-state index in [1.54, 1.807) is 0 Å². The zero-order chi connectivity index (χ0) is 20.1. The Kier molecular flexibility index (Phi) is 7.05. The van der Waals surface area contributed by atoms with Crippen LogP contribution in [-0.2, 0) is 9.22 Å². The Labute approximate surface area is 153 Å². The normalized spacial score (nSPS) is 13.1. The zero-order valence-corrected chi connectivity index (χ0v) is 16.7. The van der Waals surface area contributed by atoms with Gasteiger partial charge in [-0.25, -0.2) is 4.79 Å². The van der Waals surface area contributed by atoms with Crippen molar-refractivity contribution >= 4 is 25.9 Å². The lowest BCUT2D eigenvalue weighted by atomic mass is 10.1. The number of benzene rings is 1. The highest BCUT2D eigenvalue weighted by Crippen LogP contribution is 2.36. The molecular formula is C17H26N2O6Si.